The average molecular weight is 495 g/mol. The van der Waals surface area contributed by atoms with Crippen molar-refractivity contribution in [1.82, 2.24) is 30.1 Å². The zero-order valence-electron chi connectivity index (χ0n) is 20.2. The van der Waals surface area contributed by atoms with Gasteiger partial charge in [-0.1, -0.05) is 44.8 Å². The molecule has 178 valence electrons. The molecule has 0 aromatic carbocycles. The Morgan fingerprint density at radius 1 is 1.09 bits per heavy atom. The number of pyridine rings is 2. The molecule has 0 saturated carbocycles. The molecule has 0 aliphatic carbocycles. The van der Waals surface area contributed by atoms with Crippen LogP contribution >= 0.6 is 11.3 Å². The second kappa shape index (κ2) is 10.5. The molecule has 0 bridgehead atoms. The molecule has 4 aromatic heterocycles. The third-order valence-corrected chi connectivity index (χ3v) is 8.02. The van der Waals surface area contributed by atoms with Gasteiger partial charge in [0.15, 0.2) is 5.01 Å². The van der Waals surface area contributed by atoms with Gasteiger partial charge in [0.05, 0.1) is 16.8 Å². The molecule has 0 amide bonds. The van der Waals surface area contributed by atoms with Crippen molar-refractivity contribution in [3.8, 4) is 10.6 Å². The molecule has 0 radical (unpaired) electrons. The molecular formula is C23H30N8OSSi. The van der Waals surface area contributed by atoms with Crippen molar-refractivity contribution in [3.63, 3.8) is 0 Å². The number of ether oxygens (including phenoxy) is 1. The number of aromatic nitrogens is 6. The van der Waals surface area contributed by atoms with Gasteiger partial charge in [0, 0.05) is 33.0 Å². The summed E-state index contributed by atoms with van der Waals surface area (Å²) in [6.45, 7) is 12.3. The predicted molar refractivity (Wildman–Crippen MR) is 140 cm³/mol. The Kier molecular flexibility index (Phi) is 7.44. The van der Waals surface area contributed by atoms with Crippen LogP contribution in [0.2, 0.25) is 25.7 Å². The third-order valence-electron chi connectivity index (χ3n) is 5.06. The van der Waals surface area contributed by atoms with E-state index in [1.54, 1.807) is 29.8 Å². The highest BCUT2D eigenvalue weighted by molar-refractivity contribution is 7.14. The van der Waals surface area contributed by atoms with Crippen LogP contribution in [-0.2, 0) is 4.74 Å². The number of nitrogens with one attached hydrogen (secondary N) is 2. The average Bonchev–Trinajstić information content (AvgIpc) is 3.29. The van der Waals surface area contributed by atoms with Gasteiger partial charge in [0.1, 0.15) is 35.2 Å². The summed E-state index contributed by atoms with van der Waals surface area (Å²) in [5.74, 6) is 1.68. The minimum Gasteiger partial charge on any atom is -0.362 e. The monoisotopic (exact) mass is 494 g/mol. The van der Waals surface area contributed by atoms with Crippen molar-refractivity contribution in [1.29, 1.82) is 0 Å². The van der Waals surface area contributed by atoms with Crippen LogP contribution in [0.1, 0.15) is 24.8 Å². The topological polar surface area (TPSA) is 111 Å². The van der Waals surface area contributed by atoms with E-state index in [1.807, 2.05) is 12.1 Å². The maximum Gasteiger partial charge on any atom is 0.151 e. The van der Waals surface area contributed by atoms with Gasteiger partial charge < -0.3 is 15.4 Å². The Balaban J connectivity index is 1.67. The lowest BCUT2D eigenvalue weighted by atomic mass is 10.2. The third kappa shape index (κ3) is 6.10. The molecule has 0 aliphatic heterocycles. The number of hydrogen-bond donors (Lipinski definition) is 2. The van der Waals surface area contributed by atoms with Crippen molar-refractivity contribution < 1.29 is 4.74 Å². The van der Waals surface area contributed by atoms with E-state index in [4.69, 9.17) is 9.72 Å². The molecular weight excluding hydrogens is 464 g/mol. The second-order valence-electron chi connectivity index (χ2n) is 9.47. The molecule has 4 rings (SSSR count). The van der Waals surface area contributed by atoms with Gasteiger partial charge in [0.25, 0.3) is 0 Å². The lowest BCUT2D eigenvalue weighted by Gasteiger charge is -2.16. The summed E-state index contributed by atoms with van der Waals surface area (Å²) in [6.07, 6.45) is 4.95. The van der Waals surface area contributed by atoms with E-state index in [2.05, 4.69) is 69.3 Å². The fourth-order valence-electron chi connectivity index (χ4n) is 3.12. The van der Waals surface area contributed by atoms with Gasteiger partial charge in [-0.3, -0.25) is 4.98 Å². The number of rotatable bonds is 10. The highest BCUT2D eigenvalue weighted by Crippen LogP contribution is 2.35. The molecule has 11 heteroatoms. The Bertz CT molecular complexity index is 1240. The van der Waals surface area contributed by atoms with Crippen LogP contribution in [0.15, 0.2) is 36.9 Å². The van der Waals surface area contributed by atoms with E-state index in [9.17, 15) is 0 Å². The van der Waals surface area contributed by atoms with Gasteiger partial charge in [-0.2, -0.15) is 0 Å². The summed E-state index contributed by atoms with van der Waals surface area (Å²) >= 11 is 1.57. The Labute approximate surface area is 204 Å². The zero-order valence-corrected chi connectivity index (χ0v) is 22.0. The van der Waals surface area contributed by atoms with E-state index in [1.165, 1.54) is 6.33 Å². The number of nitrogens with zero attached hydrogens (tertiary/aromatic N) is 6. The van der Waals surface area contributed by atoms with Crippen LogP contribution in [-0.4, -0.2) is 51.5 Å². The van der Waals surface area contributed by atoms with E-state index in [-0.39, 0.29) is 0 Å². The number of hydrogen-bond acceptors (Lipinski definition) is 10. The van der Waals surface area contributed by atoms with Crippen LogP contribution in [0.25, 0.3) is 21.6 Å². The van der Waals surface area contributed by atoms with Crippen LogP contribution in [0, 0.1) is 0 Å². The smallest absolute Gasteiger partial charge is 0.151 e. The first-order valence-electron chi connectivity index (χ1n) is 11.3. The van der Waals surface area contributed by atoms with Gasteiger partial charge in [-0.05, 0) is 24.2 Å². The Morgan fingerprint density at radius 3 is 2.65 bits per heavy atom. The lowest BCUT2D eigenvalue weighted by molar-refractivity contribution is 0.165. The van der Waals surface area contributed by atoms with Crippen molar-refractivity contribution in [2.45, 2.75) is 45.5 Å². The van der Waals surface area contributed by atoms with E-state index < -0.39 is 8.07 Å². The maximum absolute atomic E-state index is 5.89. The number of anilines is 3. The summed E-state index contributed by atoms with van der Waals surface area (Å²) < 4.78 is 5.89. The Hall–Kier alpha value is -3.02. The molecule has 0 unspecified atom stereocenters. The van der Waals surface area contributed by atoms with Crippen LogP contribution in [0.5, 0.6) is 0 Å². The van der Waals surface area contributed by atoms with Gasteiger partial charge in [-0.15, -0.1) is 10.2 Å². The van der Waals surface area contributed by atoms with E-state index in [0.29, 0.717) is 24.3 Å². The fraction of sp³-hybridized carbons (Fsp3) is 0.391. The molecule has 0 atom stereocenters. The van der Waals surface area contributed by atoms with Crippen molar-refractivity contribution in [2.75, 3.05) is 24.0 Å². The van der Waals surface area contributed by atoms with Crippen molar-refractivity contribution in [3.05, 3.63) is 41.9 Å². The molecule has 4 aromatic rings. The second-order valence-corrected chi connectivity index (χ2v) is 16.1. The molecule has 0 spiro atoms. The molecule has 0 aliphatic rings. The van der Waals surface area contributed by atoms with Crippen molar-refractivity contribution >= 4 is 47.8 Å². The molecule has 34 heavy (non-hydrogen) atoms. The first-order chi connectivity index (χ1) is 16.3. The highest BCUT2D eigenvalue weighted by Gasteiger charge is 2.18. The summed E-state index contributed by atoms with van der Waals surface area (Å²) in [5, 5.41) is 17.3. The van der Waals surface area contributed by atoms with E-state index in [0.717, 1.165) is 45.0 Å². The minimum absolute atomic E-state index is 0.308. The largest absolute Gasteiger partial charge is 0.362 e. The summed E-state index contributed by atoms with van der Waals surface area (Å²) in [4.78, 5) is 17.7. The standard InChI is InChI=1S/C23H30N8OSSi/c1-15(2)22-30-31-23(33-22)16-12-18-20(29-21(16)27-14-32-10-11-34(3,4)5)17(6-9-25-18)28-19-7-8-24-13-26-19/h6-9,12-13,15H,10-11,14H2,1-5H3,(H,27,29)(H,24,25,26,28). The Morgan fingerprint density at radius 2 is 1.94 bits per heavy atom. The first-order valence-corrected chi connectivity index (χ1v) is 15.8. The fourth-order valence-corrected chi connectivity index (χ4v) is 4.74. The molecule has 0 fully saturated rings. The van der Waals surface area contributed by atoms with Crippen LogP contribution in [0.3, 0.4) is 0 Å². The zero-order chi connectivity index (χ0) is 24.1. The minimum atomic E-state index is -1.15. The normalized spacial score (nSPS) is 11.8. The van der Waals surface area contributed by atoms with Crippen LogP contribution in [0.4, 0.5) is 17.3 Å². The SMILES string of the molecule is CC(C)c1nnc(-c2cc3nccc(Nc4ccncn4)c3nc2NCOCC[Si](C)(C)C)s1. The van der Waals surface area contributed by atoms with Gasteiger partial charge in [-0.25, -0.2) is 15.0 Å². The first kappa shape index (κ1) is 24.1. The summed E-state index contributed by atoms with van der Waals surface area (Å²) in [6, 6.07) is 6.80. The lowest BCUT2D eigenvalue weighted by Crippen LogP contribution is -2.22. The molecule has 9 nitrogen and oxygen atoms in total. The summed E-state index contributed by atoms with van der Waals surface area (Å²) in [7, 11) is -1.15. The maximum atomic E-state index is 5.89. The molecule has 2 N–H and O–H groups in total. The van der Waals surface area contributed by atoms with Crippen LogP contribution < -0.4 is 10.6 Å². The molecule has 0 saturated heterocycles. The molecule has 4 heterocycles. The van der Waals surface area contributed by atoms with Crippen molar-refractivity contribution in [2.24, 2.45) is 0 Å². The van der Waals surface area contributed by atoms with Gasteiger partial charge in [0.2, 0.25) is 0 Å². The van der Waals surface area contributed by atoms with Gasteiger partial charge >= 0.3 is 0 Å². The summed E-state index contributed by atoms with van der Waals surface area (Å²) in [5.41, 5.74) is 3.14. The quantitative estimate of drug-likeness (QED) is 0.167. The van der Waals surface area contributed by atoms with E-state index >= 15 is 0 Å². The predicted octanol–water partition coefficient (Wildman–Crippen LogP) is 5.53. The number of fused-ring (bicyclic) bond motifs is 1. The highest BCUT2D eigenvalue weighted by atomic mass is 32.1.